The van der Waals surface area contributed by atoms with Gasteiger partial charge in [-0.3, -0.25) is 4.79 Å². The Morgan fingerprint density at radius 2 is 1.96 bits per heavy atom. The molecular weight excluding hydrogens is 315 g/mol. The highest BCUT2D eigenvalue weighted by molar-refractivity contribution is 6.47. The van der Waals surface area contributed by atoms with Crippen LogP contribution >= 0.6 is 0 Å². The van der Waals surface area contributed by atoms with Crippen LogP contribution in [0.15, 0.2) is 12.1 Å². The third kappa shape index (κ3) is 4.45. The standard InChI is InChI=1S/C20H31BO4/c1-7-13-8-9-14-11-15(21-25-20(4,5)19(2,3)23)12-17(24-6)18(14)16(22)10-13/h11-13,21,23H,7-10H2,1-6H3. The van der Waals surface area contributed by atoms with E-state index in [1.54, 1.807) is 21.0 Å². The van der Waals surface area contributed by atoms with Crippen LogP contribution in [0, 0.1) is 5.92 Å². The van der Waals surface area contributed by atoms with E-state index in [2.05, 4.69) is 13.0 Å². The van der Waals surface area contributed by atoms with Crippen LogP contribution in [0.1, 0.15) is 69.8 Å². The van der Waals surface area contributed by atoms with E-state index in [9.17, 15) is 9.90 Å². The van der Waals surface area contributed by atoms with Crippen molar-refractivity contribution in [1.82, 2.24) is 0 Å². The second kappa shape index (κ2) is 7.51. The maximum Gasteiger partial charge on any atom is 0.309 e. The summed E-state index contributed by atoms with van der Waals surface area (Å²) in [5.41, 5.74) is 1.13. The number of carbonyl (C=O) groups excluding carboxylic acids is 1. The van der Waals surface area contributed by atoms with Crippen molar-refractivity contribution in [2.24, 2.45) is 5.92 Å². The number of Topliss-reactive ketones (excluding diaryl/α,β-unsaturated/α-hetero) is 1. The van der Waals surface area contributed by atoms with Gasteiger partial charge in [0.1, 0.15) is 5.75 Å². The highest BCUT2D eigenvalue weighted by atomic mass is 16.5. The molecule has 0 radical (unpaired) electrons. The Labute approximate surface area is 152 Å². The summed E-state index contributed by atoms with van der Waals surface area (Å²) >= 11 is 0. The molecule has 0 aromatic heterocycles. The molecule has 25 heavy (non-hydrogen) atoms. The lowest BCUT2D eigenvalue weighted by molar-refractivity contribution is -0.0893. The molecule has 1 aliphatic rings. The van der Waals surface area contributed by atoms with E-state index >= 15 is 0 Å². The zero-order chi connectivity index (χ0) is 18.8. The number of carbonyl (C=O) groups is 1. The van der Waals surface area contributed by atoms with E-state index in [1.165, 1.54) is 0 Å². The summed E-state index contributed by atoms with van der Waals surface area (Å²) in [5.74, 6) is 1.26. The molecule has 0 saturated carbocycles. The summed E-state index contributed by atoms with van der Waals surface area (Å²) in [7, 11) is 1.97. The molecule has 2 rings (SSSR count). The minimum absolute atomic E-state index is 0.181. The lowest BCUT2D eigenvalue weighted by Crippen LogP contribution is -2.49. The van der Waals surface area contributed by atoms with Crippen LogP contribution in [0.25, 0.3) is 0 Å². The number of hydrogen-bond acceptors (Lipinski definition) is 4. The molecule has 1 unspecified atom stereocenters. The predicted octanol–water partition coefficient (Wildman–Crippen LogP) is 2.78. The SMILES string of the molecule is CCC1CCc2cc(BOC(C)(C)C(C)(C)O)cc(OC)c2C(=O)C1. The van der Waals surface area contributed by atoms with E-state index in [4.69, 9.17) is 9.39 Å². The van der Waals surface area contributed by atoms with Gasteiger partial charge in [-0.05, 0) is 63.5 Å². The first-order valence-corrected chi connectivity index (χ1v) is 9.18. The van der Waals surface area contributed by atoms with Gasteiger partial charge in [-0.15, -0.1) is 0 Å². The highest BCUT2D eigenvalue weighted by Gasteiger charge is 2.36. The van der Waals surface area contributed by atoms with E-state index in [0.717, 1.165) is 35.9 Å². The van der Waals surface area contributed by atoms with Crippen molar-refractivity contribution in [3.05, 3.63) is 23.3 Å². The zero-order valence-corrected chi connectivity index (χ0v) is 16.4. The third-order valence-electron chi connectivity index (χ3n) is 5.69. The second-order valence-corrected chi connectivity index (χ2v) is 8.13. The molecule has 5 heteroatoms. The number of methoxy groups -OCH3 is 1. The summed E-state index contributed by atoms with van der Waals surface area (Å²) in [4.78, 5) is 12.7. The maximum atomic E-state index is 12.7. The quantitative estimate of drug-likeness (QED) is 0.636. The van der Waals surface area contributed by atoms with Crippen LogP contribution in [0.3, 0.4) is 0 Å². The summed E-state index contributed by atoms with van der Waals surface area (Å²) in [6.07, 6.45) is 3.54. The van der Waals surface area contributed by atoms with Gasteiger partial charge in [0.15, 0.2) is 5.78 Å². The van der Waals surface area contributed by atoms with Crippen LogP contribution in [0.4, 0.5) is 0 Å². The molecule has 0 bridgehead atoms. The van der Waals surface area contributed by atoms with Gasteiger partial charge in [0.2, 0.25) is 0 Å². The van der Waals surface area contributed by atoms with Crippen molar-refractivity contribution in [3.8, 4) is 5.75 Å². The second-order valence-electron chi connectivity index (χ2n) is 8.13. The largest absolute Gasteiger partial charge is 0.496 e. The van der Waals surface area contributed by atoms with Gasteiger partial charge in [-0.1, -0.05) is 19.4 Å². The highest BCUT2D eigenvalue weighted by Crippen LogP contribution is 2.31. The van der Waals surface area contributed by atoms with Gasteiger partial charge in [0.05, 0.1) is 23.9 Å². The average molecular weight is 346 g/mol. The molecule has 0 fully saturated rings. The van der Waals surface area contributed by atoms with Crippen molar-refractivity contribution < 1.29 is 19.3 Å². The Morgan fingerprint density at radius 3 is 2.52 bits per heavy atom. The lowest BCUT2D eigenvalue weighted by Gasteiger charge is -2.37. The molecule has 0 amide bonds. The van der Waals surface area contributed by atoms with Crippen LogP contribution in [-0.4, -0.2) is 36.7 Å². The molecule has 0 spiro atoms. The van der Waals surface area contributed by atoms with E-state index in [-0.39, 0.29) is 5.78 Å². The molecule has 1 aromatic rings. The first-order chi connectivity index (χ1) is 11.6. The molecule has 4 nitrogen and oxygen atoms in total. The van der Waals surface area contributed by atoms with Crippen LogP contribution in [0.2, 0.25) is 0 Å². The number of aryl methyl sites for hydroxylation is 1. The molecule has 1 aromatic carbocycles. The molecule has 1 N–H and O–H groups in total. The fourth-order valence-electron chi connectivity index (χ4n) is 3.11. The Bertz CT molecular complexity index is 631. The number of fused-ring (bicyclic) bond motifs is 1. The molecule has 0 saturated heterocycles. The minimum Gasteiger partial charge on any atom is -0.496 e. The first-order valence-electron chi connectivity index (χ1n) is 9.18. The molecule has 1 aliphatic carbocycles. The molecular formula is C20H31BO4. The van der Waals surface area contributed by atoms with Crippen LogP contribution in [-0.2, 0) is 11.1 Å². The Hall–Kier alpha value is -1.33. The molecule has 0 aliphatic heterocycles. The normalized spacial score (nSPS) is 18.5. The number of hydrogen-bond donors (Lipinski definition) is 1. The smallest absolute Gasteiger partial charge is 0.309 e. The predicted molar refractivity (Wildman–Crippen MR) is 102 cm³/mol. The number of rotatable bonds is 6. The van der Waals surface area contributed by atoms with Gasteiger partial charge < -0.3 is 14.5 Å². The van der Waals surface area contributed by atoms with Crippen molar-refractivity contribution in [3.63, 3.8) is 0 Å². The van der Waals surface area contributed by atoms with E-state index < -0.39 is 11.2 Å². The summed E-state index contributed by atoms with van der Waals surface area (Å²) < 4.78 is 11.5. The summed E-state index contributed by atoms with van der Waals surface area (Å²) in [6, 6.07) is 3.96. The first kappa shape index (κ1) is 20.0. The fraction of sp³-hybridized carbons (Fsp3) is 0.650. The Balaban J connectivity index is 2.29. The fourth-order valence-corrected chi connectivity index (χ4v) is 3.11. The zero-order valence-electron chi connectivity index (χ0n) is 16.4. The van der Waals surface area contributed by atoms with E-state index in [1.807, 2.05) is 19.9 Å². The monoisotopic (exact) mass is 346 g/mol. The number of aliphatic hydroxyl groups is 1. The minimum atomic E-state index is -0.951. The summed E-state index contributed by atoms with van der Waals surface area (Å²) in [6.45, 7) is 9.39. The number of ether oxygens (including phenoxy) is 1. The van der Waals surface area contributed by atoms with Crippen molar-refractivity contribution in [1.29, 1.82) is 0 Å². The van der Waals surface area contributed by atoms with Gasteiger partial charge >= 0.3 is 7.48 Å². The van der Waals surface area contributed by atoms with Crippen molar-refractivity contribution >= 4 is 18.7 Å². The van der Waals surface area contributed by atoms with Crippen LogP contribution in [0.5, 0.6) is 5.75 Å². The molecule has 138 valence electrons. The molecule has 0 heterocycles. The van der Waals surface area contributed by atoms with Crippen molar-refractivity contribution in [2.75, 3.05) is 7.11 Å². The topological polar surface area (TPSA) is 55.8 Å². The van der Waals surface area contributed by atoms with Gasteiger partial charge in [-0.2, -0.15) is 0 Å². The maximum absolute atomic E-state index is 12.7. The average Bonchev–Trinajstić information content (AvgIpc) is 2.70. The Morgan fingerprint density at radius 1 is 1.28 bits per heavy atom. The lowest BCUT2D eigenvalue weighted by atomic mass is 9.80. The van der Waals surface area contributed by atoms with Gasteiger partial charge in [-0.25, -0.2) is 0 Å². The van der Waals surface area contributed by atoms with Crippen LogP contribution < -0.4 is 10.2 Å². The van der Waals surface area contributed by atoms with Gasteiger partial charge in [0, 0.05) is 6.42 Å². The third-order valence-corrected chi connectivity index (χ3v) is 5.69. The Kier molecular flexibility index (Phi) is 6.00. The van der Waals surface area contributed by atoms with Crippen molar-refractivity contribution in [2.45, 2.75) is 71.5 Å². The molecule has 1 atom stereocenters. The number of ketones is 1. The van der Waals surface area contributed by atoms with Gasteiger partial charge in [0.25, 0.3) is 0 Å². The summed E-state index contributed by atoms with van der Waals surface area (Å²) in [5, 5.41) is 10.3. The van der Waals surface area contributed by atoms with E-state index in [0.29, 0.717) is 25.6 Å². The number of benzene rings is 1.